The molecule has 4 nitrogen and oxygen atoms in total. The molecule has 6 heteroatoms. The number of aliphatic hydroxyl groups excluding tert-OH is 1. The highest BCUT2D eigenvalue weighted by atomic mass is 79.9. The molecule has 3 aromatic carbocycles. The van der Waals surface area contributed by atoms with Crippen molar-refractivity contribution in [2.24, 2.45) is 0 Å². The first kappa shape index (κ1) is 28.3. The first-order valence-electron chi connectivity index (χ1n) is 12.2. The maximum absolute atomic E-state index is 11.1. The summed E-state index contributed by atoms with van der Waals surface area (Å²) in [7, 11) is -1.11. The van der Waals surface area contributed by atoms with Crippen molar-refractivity contribution in [2.75, 3.05) is 13.7 Å². The molecule has 0 aliphatic carbocycles. The second-order valence-corrected chi connectivity index (χ2v) is 15.4. The Morgan fingerprint density at radius 1 is 0.917 bits per heavy atom. The Morgan fingerprint density at radius 3 is 1.89 bits per heavy atom. The Morgan fingerprint density at radius 2 is 1.44 bits per heavy atom. The zero-order valence-corrected chi connectivity index (χ0v) is 24.2. The van der Waals surface area contributed by atoms with Crippen LogP contribution in [0, 0.1) is 0 Å². The molecule has 192 valence electrons. The van der Waals surface area contributed by atoms with Crippen molar-refractivity contribution in [1.82, 2.24) is 0 Å². The van der Waals surface area contributed by atoms with Gasteiger partial charge in [-0.25, -0.2) is 0 Å². The van der Waals surface area contributed by atoms with E-state index in [1.54, 1.807) is 7.11 Å². The van der Waals surface area contributed by atoms with Gasteiger partial charge in [0.2, 0.25) is 0 Å². The maximum Gasteiger partial charge on any atom is 0.261 e. The number of methoxy groups -OCH3 is 1. The molecule has 0 spiro atoms. The molecule has 0 bridgehead atoms. The zero-order chi connectivity index (χ0) is 26.2. The summed E-state index contributed by atoms with van der Waals surface area (Å²) in [6.45, 7) is 11.2. The molecule has 0 heterocycles. The second-order valence-electron chi connectivity index (χ2n) is 9.96. The summed E-state index contributed by atoms with van der Waals surface area (Å²) in [4.78, 5) is 0. The van der Waals surface area contributed by atoms with Crippen LogP contribution in [0.15, 0.2) is 96.0 Å². The number of ether oxygens (including phenoxy) is 2. The molecule has 3 aromatic rings. The summed E-state index contributed by atoms with van der Waals surface area (Å²) in [5.41, 5.74) is 0.996. The van der Waals surface area contributed by atoms with Crippen LogP contribution in [0.25, 0.3) is 0 Å². The minimum absolute atomic E-state index is 0.166. The Labute approximate surface area is 225 Å². The predicted molar refractivity (Wildman–Crippen MR) is 154 cm³/mol. The predicted octanol–water partition coefficient (Wildman–Crippen LogP) is 5.82. The molecular weight excluding hydrogens is 532 g/mol. The van der Waals surface area contributed by atoms with E-state index in [1.165, 1.54) is 10.4 Å². The van der Waals surface area contributed by atoms with E-state index in [0.29, 0.717) is 13.0 Å². The summed E-state index contributed by atoms with van der Waals surface area (Å²) in [5, 5.41) is 13.3. The van der Waals surface area contributed by atoms with Crippen LogP contribution in [-0.4, -0.2) is 39.3 Å². The van der Waals surface area contributed by atoms with Gasteiger partial charge in [0.1, 0.15) is 11.9 Å². The Balaban J connectivity index is 1.93. The summed E-state index contributed by atoms with van der Waals surface area (Å²) in [5.74, 6) is 0.793. The summed E-state index contributed by atoms with van der Waals surface area (Å²) in [6, 6.07) is 28.7. The average molecular weight is 570 g/mol. The van der Waals surface area contributed by atoms with Crippen LogP contribution < -0.4 is 15.1 Å². The first-order chi connectivity index (χ1) is 17.2. The quantitative estimate of drug-likeness (QED) is 0.280. The summed E-state index contributed by atoms with van der Waals surface area (Å²) >= 11 is 3.39. The van der Waals surface area contributed by atoms with E-state index in [-0.39, 0.29) is 11.6 Å². The molecule has 0 unspecified atom stereocenters. The fraction of sp³-hybridized carbons (Fsp3) is 0.333. The zero-order valence-electron chi connectivity index (χ0n) is 21.6. The molecular formula is C30H37BrO4Si. The lowest BCUT2D eigenvalue weighted by molar-refractivity contribution is -0.0662. The van der Waals surface area contributed by atoms with Crippen LogP contribution in [-0.2, 0) is 15.8 Å². The van der Waals surface area contributed by atoms with Crippen LogP contribution in [0.4, 0.5) is 0 Å². The van der Waals surface area contributed by atoms with Gasteiger partial charge in [0.15, 0.2) is 0 Å². The van der Waals surface area contributed by atoms with E-state index in [1.807, 2.05) is 36.4 Å². The minimum Gasteiger partial charge on any atom is -0.497 e. The summed E-state index contributed by atoms with van der Waals surface area (Å²) in [6.07, 6.45) is -0.936. The van der Waals surface area contributed by atoms with Gasteiger partial charge in [-0.3, -0.25) is 0 Å². The Hall–Kier alpha value is -2.22. The van der Waals surface area contributed by atoms with Gasteiger partial charge in [-0.2, -0.15) is 0 Å². The Kier molecular flexibility index (Phi) is 10.1. The van der Waals surface area contributed by atoms with Crippen molar-refractivity contribution in [3.05, 3.63) is 102 Å². The topological polar surface area (TPSA) is 47.9 Å². The van der Waals surface area contributed by atoms with E-state index in [0.717, 1.165) is 15.8 Å². The molecule has 0 fully saturated rings. The fourth-order valence-electron chi connectivity index (χ4n) is 4.52. The number of hydrogen-bond donors (Lipinski definition) is 1. The molecule has 0 aliphatic rings. The van der Waals surface area contributed by atoms with Crippen LogP contribution in [0.1, 0.15) is 32.8 Å². The van der Waals surface area contributed by atoms with Crippen molar-refractivity contribution in [1.29, 1.82) is 0 Å². The van der Waals surface area contributed by atoms with Crippen molar-refractivity contribution < 1.29 is 19.0 Å². The highest BCUT2D eigenvalue weighted by molar-refractivity contribution is 9.11. The van der Waals surface area contributed by atoms with Gasteiger partial charge < -0.3 is 19.0 Å². The smallest absolute Gasteiger partial charge is 0.261 e. The van der Waals surface area contributed by atoms with E-state index in [2.05, 4.69) is 91.8 Å². The first-order valence-corrected chi connectivity index (χ1v) is 14.9. The van der Waals surface area contributed by atoms with Gasteiger partial charge in [0, 0.05) is 6.42 Å². The third-order valence-corrected chi connectivity index (χ3v) is 11.7. The monoisotopic (exact) mass is 568 g/mol. The van der Waals surface area contributed by atoms with Crippen molar-refractivity contribution >= 4 is 34.6 Å². The molecule has 0 saturated heterocycles. The average Bonchev–Trinajstić information content (AvgIpc) is 2.86. The van der Waals surface area contributed by atoms with Gasteiger partial charge in [-0.15, -0.1) is 0 Å². The van der Waals surface area contributed by atoms with Crippen LogP contribution in [0.3, 0.4) is 0 Å². The van der Waals surface area contributed by atoms with Crippen molar-refractivity contribution in [3.63, 3.8) is 0 Å². The molecule has 36 heavy (non-hydrogen) atoms. The fourth-order valence-corrected chi connectivity index (χ4v) is 9.42. The standard InChI is InChI=1S/C30H37BrO4Si/c1-23(31)20-28(32)29(34-21-24-16-18-25(33-5)19-17-24)22-35-36(30(2,3)4,26-12-8-6-9-13-26)27-14-10-7-11-15-27/h6-19,28-29,32H,1,20-22H2,2-5H3/t28-,29+/m1/s1. The molecule has 1 N–H and O–H groups in total. The summed E-state index contributed by atoms with van der Waals surface area (Å²) < 4.78 is 19.3. The highest BCUT2D eigenvalue weighted by Gasteiger charge is 2.50. The van der Waals surface area contributed by atoms with E-state index in [9.17, 15) is 5.11 Å². The molecule has 0 aliphatic heterocycles. The van der Waals surface area contributed by atoms with Crippen LogP contribution in [0.2, 0.25) is 5.04 Å². The largest absolute Gasteiger partial charge is 0.497 e. The van der Waals surface area contributed by atoms with Crippen LogP contribution in [0.5, 0.6) is 5.75 Å². The molecule has 0 radical (unpaired) electrons. The Bertz CT molecular complexity index is 1040. The SMILES string of the molecule is C=C(Br)C[C@@H](O)[C@H](CO[Si](c1ccccc1)(c1ccccc1)C(C)(C)C)OCc1ccc(OC)cc1. The number of halogens is 1. The number of benzene rings is 3. The highest BCUT2D eigenvalue weighted by Crippen LogP contribution is 2.37. The minimum atomic E-state index is -2.76. The molecule has 0 amide bonds. The molecule has 3 rings (SSSR count). The third-order valence-electron chi connectivity index (χ3n) is 6.36. The number of rotatable bonds is 12. The van der Waals surface area contributed by atoms with Gasteiger partial charge in [0.25, 0.3) is 8.32 Å². The third kappa shape index (κ3) is 6.96. The van der Waals surface area contributed by atoms with Crippen LogP contribution >= 0.6 is 15.9 Å². The number of hydrogen-bond acceptors (Lipinski definition) is 4. The van der Waals surface area contributed by atoms with Gasteiger partial charge in [0.05, 0.1) is 26.4 Å². The second kappa shape index (κ2) is 12.8. The lowest BCUT2D eigenvalue weighted by Crippen LogP contribution is -2.67. The van der Waals surface area contributed by atoms with E-state index < -0.39 is 20.5 Å². The lowest BCUT2D eigenvalue weighted by Gasteiger charge is -2.44. The molecule has 0 aromatic heterocycles. The maximum atomic E-state index is 11.1. The molecule has 0 saturated carbocycles. The lowest BCUT2D eigenvalue weighted by atomic mass is 10.1. The number of aliphatic hydroxyl groups is 1. The molecule has 2 atom stereocenters. The van der Waals surface area contributed by atoms with E-state index in [4.69, 9.17) is 13.9 Å². The normalized spacial score (nSPS) is 13.7. The van der Waals surface area contributed by atoms with Crippen molar-refractivity contribution in [2.45, 2.75) is 51.0 Å². The van der Waals surface area contributed by atoms with Crippen molar-refractivity contribution in [3.8, 4) is 5.75 Å². The van der Waals surface area contributed by atoms with Gasteiger partial charge in [-0.1, -0.05) is 116 Å². The van der Waals surface area contributed by atoms with E-state index >= 15 is 0 Å². The van der Waals surface area contributed by atoms with Gasteiger partial charge >= 0.3 is 0 Å². The van der Waals surface area contributed by atoms with Gasteiger partial charge in [-0.05, 0) is 37.6 Å².